The lowest BCUT2D eigenvalue weighted by Gasteiger charge is -2.30. The van der Waals surface area contributed by atoms with Crippen molar-refractivity contribution in [2.45, 2.75) is 48.4 Å². The fourth-order valence-electron chi connectivity index (χ4n) is 3.84. The van der Waals surface area contributed by atoms with E-state index >= 15 is 0 Å². The first-order valence-corrected chi connectivity index (χ1v) is 13.2. The summed E-state index contributed by atoms with van der Waals surface area (Å²) in [5.41, 5.74) is 0.367. The second-order valence-electron chi connectivity index (χ2n) is 7.53. The Kier molecular flexibility index (Phi) is 7.89. The largest absolute Gasteiger partial charge is 0.492 e. The number of carbonyl (C=O) groups is 1. The molecule has 1 aliphatic carbocycles. The van der Waals surface area contributed by atoms with E-state index in [1.807, 2.05) is 13.2 Å². The molecule has 0 heterocycles. The van der Waals surface area contributed by atoms with Crippen molar-refractivity contribution in [3.8, 4) is 5.75 Å². The molecule has 0 radical (unpaired) electrons. The summed E-state index contributed by atoms with van der Waals surface area (Å²) in [6.45, 7) is 1.96. The summed E-state index contributed by atoms with van der Waals surface area (Å²) >= 11 is 1.54. The number of nitrogens with zero attached hydrogens (tertiary/aromatic N) is 2. The Balaban J connectivity index is 2.00. The fourth-order valence-corrected chi connectivity index (χ4v) is 5.68. The van der Waals surface area contributed by atoms with Crippen LogP contribution in [0.25, 0.3) is 0 Å². The van der Waals surface area contributed by atoms with Gasteiger partial charge in [0.05, 0.1) is 17.2 Å². The predicted octanol–water partition coefficient (Wildman–Crippen LogP) is 4.40. The van der Waals surface area contributed by atoms with Crippen molar-refractivity contribution in [3.05, 3.63) is 48.5 Å². The Bertz CT molecular complexity index is 987. The van der Waals surface area contributed by atoms with E-state index in [1.165, 1.54) is 4.31 Å². The molecule has 3 rings (SSSR count). The van der Waals surface area contributed by atoms with Crippen LogP contribution >= 0.6 is 11.8 Å². The van der Waals surface area contributed by atoms with Crippen molar-refractivity contribution in [2.75, 3.05) is 30.8 Å². The van der Waals surface area contributed by atoms with Gasteiger partial charge in [-0.15, -0.1) is 11.8 Å². The molecule has 31 heavy (non-hydrogen) atoms. The molecule has 1 amide bonds. The van der Waals surface area contributed by atoms with E-state index in [1.54, 1.807) is 72.2 Å². The summed E-state index contributed by atoms with van der Waals surface area (Å²) < 4.78 is 34.2. The zero-order valence-corrected chi connectivity index (χ0v) is 19.9. The molecule has 8 heteroatoms. The average molecular weight is 463 g/mol. The number of hydrogen-bond acceptors (Lipinski definition) is 5. The van der Waals surface area contributed by atoms with Crippen molar-refractivity contribution in [1.29, 1.82) is 0 Å². The first-order valence-electron chi connectivity index (χ1n) is 10.5. The van der Waals surface area contributed by atoms with E-state index in [0.717, 1.165) is 30.6 Å². The Morgan fingerprint density at radius 1 is 1.10 bits per heavy atom. The first-order chi connectivity index (χ1) is 14.9. The van der Waals surface area contributed by atoms with Crippen LogP contribution in [0.15, 0.2) is 58.3 Å². The third-order valence-electron chi connectivity index (χ3n) is 5.63. The van der Waals surface area contributed by atoms with Crippen LogP contribution in [0.2, 0.25) is 0 Å². The topological polar surface area (TPSA) is 66.9 Å². The molecule has 0 spiro atoms. The van der Waals surface area contributed by atoms with Crippen molar-refractivity contribution in [1.82, 2.24) is 4.90 Å². The standard InChI is InChI=1S/C23H30N2O4S2/c1-4-29-22-12-8-7-11-21(22)25(17-23(26)24(2)18-9-5-6-10-18)31(27,28)20-15-13-19(30-3)14-16-20/h7-8,11-16,18H,4-6,9-10,17H2,1-3H3. The molecule has 168 valence electrons. The van der Waals surface area contributed by atoms with E-state index in [-0.39, 0.29) is 23.4 Å². The maximum Gasteiger partial charge on any atom is 0.264 e. The highest BCUT2D eigenvalue weighted by Crippen LogP contribution is 2.33. The number of likely N-dealkylation sites (N-methyl/N-ethyl adjacent to an activating group) is 1. The van der Waals surface area contributed by atoms with Gasteiger partial charge in [0.15, 0.2) is 0 Å². The minimum Gasteiger partial charge on any atom is -0.492 e. The lowest BCUT2D eigenvalue weighted by molar-refractivity contribution is -0.130. The Morgan fingerprint density at radius 3 is 2.35 bits per heavy atom. The molecule has 0 unspecified atom stereocenters. The van der Waals surface area contributed by atoms with E-state index in [2.05, 4.69) is 0 Å². The number of ether oxygens (including phenoxy) is 1. The molecule has 0 bridgehead atoms. The number of anilines is 1. The van der Waals surface area contributed by atoms with Crippen LogP contribution in [0.5, 0.6) is 5.75 Å². The van der Waals surface area contributed by atoms with Crippen LogP contribution in [0.4, 0.5) is 5.69 Å². The summed E-state index contributed by atoms with van der Waals surface area (Å²) in [4.78, 5) is 16.0. The van der Waals surface area contributed by atoms with Gasteiger partial charge in [0.2, 0.25) is 5.91 Å². The fraction of sp³-hybridized carbons (Fsp3) is 0.435. The lowest BCUT2D eigenvalue weighted by atomic mass is 10.2. The summed E-state index contributed by atoms with van der Waals surface area (Å²) in [7, 11) is -2.21. The van der Waals surface area contributed by atoms with Gasteiger partial charge in [-0.05, 0) is 62.4 Å². The number of amides is 1. The van der Waals surface area contributed by atoms with Gasteiger partial charge in [-0.3, -0.25) is 9.10 Å². The molecular formula is C23H30N2O4S2. The van der Waals surface area contributed by atoms with E-state index in [9.17, 15) is 13.2 Å². The number of benzene rings is 2. The van der Waals surface area contributed by atoms with Gasteiger partial charge >= 0.3 is 0 Å². The Morgan fingerprint density at radius 2 is 1.74 bits per heavy atom. The molecule has 1 saturated carbocycles. The highest BCUT2D eigenvalue weighted by molar-refractivity contribution is 7.98. The van der Waals surface area contributed by atoms with Crippen LogP contribution < -0.4 is 9.04 Å². The Hall–Kier alpha value is -2.19. The normalized spacial score (nSPS) is 14.4. The highest BCUT2D eigenvalue weighted by Gasteiger charge is 2.32. The predicted molar refractivity (Wildman–Crippen MR) is 125 cm³/mol. The summed E-state index contributed by atoms with van der Waals surface area (Å²) in [6, 6.07) is 13.8. The summed E-state index contributed by atoms with van der Waals surface area (Å²) in [6.07, 6.45) is 6.05. The van der Waals surface area contributed by atoms with Crippen LogP contribution in [-0.2, 0) is 14.8 Å². The number of carbonyl (C=O) groups excluding carboxylic acids is 1. The monoisotopic (exact) mass is 462 g/mol. The first kappa shape index (κ1) is 23.5. The molecule has 0 atom stereocenters. The van der Waals surface area contributed by atoms with E-state index in [0.29, 0.717) is 18.0 Å². The average Bonchev–Trinajstić information content (AvgIpc) is 3.32. The number of para-hydroxylation sites is 2. The molecule has 0 N–H and O–H groups in total. The zero-order chi connectivity index (χ0) is 22.4. The molecule has 6 nitrogen and oxygen atoms in total. The van der Waals surface area contributed by atoms with Gasteiger partial charge < -0.3 is 9.64 Å². The van der Waals surface area contributed by atoms with Gasteiger partial charge in [-0.2, -0.15) is 0 Å². The SMILES string of the molecule is CCOc1ccccc1N(CC(=O)N(C)C1CCCC1)S(=O)(=O)c1ccc(SC)cc1. The number of thioether (sulfide) groups is 1. The van der Waals surface area contributed by atoms with E-state index < -0.39 is 10.0 Å². The van der Waals surface area contributed by atoms with Crippen LogP contribution in [-0.4, -0.2) is 51.7 Å². The van der Waals surface area contributed by atoms with Crippen molar-refractivity contribution >= 4 is 33.4 Å². The molecule has 1 fully saturated rings. The van der Waals surface area contributed by atoms with Crippen LogP contribution in [0, 0.1) is 0 Å². The maximum atomic E-state index is 13.7. The molecular weight excluding hydrogens is 432 g/mol. The summed E-state index contributed by atoms with van der Waals surface area (Å²) in [5, 5.41) is 0. The highest BCUT2D eigenvalue weighted by atomic mass is 32.2. The molecule has 2 aromatic rings. The van der Waals surface area contributed by atoms with Crippen molar-refractivity contribution < 1.29 is 17.9 Å². The van der Waals surface area contributed by atoms with Crippen LogP contribution in [0.1, 0.15) is 32.6 Å². The third-order valence-corrected chi connectivity index (χ3v) is 8.14. The maximum absolute atomic E-state index is 13.7. The minimum atomic E-state index is -3.98. The quantitative estimate of drug-likeness (QED) is 0.517. The van der Waals surface area contributed by atoms with Gasteiger partial charge in [0, 0.05) is 18.0 Å². The zero-order valence-electron chi connectivity index (χ0n) is 18.3. The number of rotatable bonds is 9. The second kappa shape index (κ2) is 10.4. The molecule has 1 aliphatic rings. The van der Waals surface area contributed by atoms with Gasteiger partial charge in [-0.25, -0.2) is 8.42 Å². The molecule has 0 saturated heterocycles. The van der Waals surface area contributed by atoms with Gasteiger partial charge in [0.25, 0.3) is 10.0 Å². The van der Waals surface area contributed by atoms with Crippen LogP contribution in [0.3, 0.4) is 0 Å². The number of sulfonamides is 1. The third kappa shape index (κ3) is 5.36. The van der Waals surface area contributed by atoms with Gasteiger partial charge in [-0.1, -0.05) is 25.0 Å². The molecule has 2 aromatic carbocycles. The lowest BCUT2D eigenvalue weighted by Crippen LogP contribution is -2.44. The summed E-state index contributed by atoms with van der Waals surface area (Å²) in [5.74, 6) is 0.216. The Labute approximate surface area is 189 Å². The van der Waals surface area contributed by atoms with Crippen molar-refractivity contribution in [3.63, 3.8) is 0 Å². The van der Waals surface area contributed by atoms with Crippen molar-refractivity contribution in [2.24, 2.45) is 0 Å². The van der Waals surface area contributed by atoms with E-state index in [4.69, 9.17) is 4.74 Å². The minimum absolute atomic E-state index is 0.146. The molecule has 0 aromatic heterocycles. The molecule has 0 aliphatic heterocycles. The second-order valence-corrected chi connectivity index (χ2v) is 10.3. The smallest absolute Gasteiger partial charge is 0.264 e. The van der Waals surface area contributed by atoms with Gasteiger partial charge in [0.1, 0.15) is 12.3 Å². The number of hydrogen-bond donors (Lipinski definition) is 0.